The fourth-order valence-electron chi connectivity index (χ4n) is 9.64. The first-order valence-electron chi connectivity index (χ1n) is 21.1. The second-order valence-electron chi connectivity index (χ2n) is 19.9. The highest BCUT2D eigenvalue weighted by Gasteiger charge is 2.44. The van der Waals surface area contributed by atoms with Crippen molar-refractivity contribution in [1.29, 1.82) is 0 Å². The zero-order valence-corrected chi connectivity index (χ0v) is 42.1. The van der Waals surface area contributed by atoms with Crippen LogP contribution < -0.4 is 20.7 Å². The van der Waals surface area contributed by atoms with E-state index in [1.807, 2.05) is 0 Å². The number of esters is 4. The van der Waals surface area contributed by atoms with Crippen molar-refractivity contribution in [1.82, 2.24) is 0 Å². The summed E-state index contributed by atoms with van der Waals surface area (Å²) in [7, 11) is -9.17. The number of rotatable bonds is 12. The number of fused-ring (bicyclic) bond motifs is 4. The van der Waals surface area contributed by atoms with Crippen molar-refractivity contribution in [2.45, 2.75) is 132 Å². The molecule has 2 aliphatic rings. The zero-order chi connectivity index (χ0) is 43.4. The second kappa shape index (κ2) is 16.5. The van der Waals surface area contributed by atoms with E-state index in [2.05, 4.69) is 90.7 Å². The van der Waals surface area contributed by atoms with Gasteiger partial charge in [-0.2, -0.15) is 0 Å². The molecule has 0 N–H and O–H groups in total. The fraction of sp³-hybridized carbons (Fsp3) is 0.522. The molecule has 12 heteroatoms. The van der Waals surface area contributed by atoms with Crippen molar-refractivity contribution in [3.05, 3.63) is 78.9 Å². The summed E-state index contributed by atoms with van der Waals surface area (Å²) in [5, 5.41) is 3.97. The van der Waals surface area contributed by atoms with Crippen molar-refractivity contribution < 1.29 is 38.1 Å². The summed E-state index contributed by atoms with van der Waals surface area (Å²) < 4.78 is 23.0. The summed E-state index contributed by atoms with van der Waals surface area (Å²) in [4.78, 5) is 56.6. The van der Waals surface area contributed by atoms with Gasteiger partial charge >= 0.3 is 23.9 Å². The molecule has 5 rings (SSSR count). The number of benzene rings is 3. The molecule has 0 fully saturated rings. The molecule has 0 atom stereocenters. The van der Waals surface area contributed by atoms with Gasteiger partial charge in [-0.25, -0.2) is 19.2 Å². The maximum Gasteiger partial charge on any atom is 0.338 e. The standard InChI is InChI=1S/C46H66O8Si4/c1-17-51-43(47)35-36(44(48)52-18-2)40(56(8,9)10)32-24-28-22-30-26-34-33(25-29(30)21-27(28)23-31(32)39(35)55(5,6)7)41(57(11,12)13)37(45(49)53-19-3)38(46(50)54-20-4)42(34)58(14,15)16/h21-22H,17-20,23-26H2,1-16H3. The predicted octanol–water partition coefficient (Wildman–Crippen LogP) is 7.56. The van der Waals surface area contributed by atoms with Crippen LogP contribution in [0.3, 0.4) is 0 Å². The summed E-state index contributed by atoms with van der Waals surface area (Å²) in [6.45, 7) is 35.0. The molecule has 0 amide bonds. The highest BCUT2D eigenvalue weighted by atomic mass is 28.3. The van der Waals surface area contributed by atoms with Crippen LogP contribution in [0.2, 0.25) is 78.6 Å². The molecule has 0 saturated heterocycles. The minimum atomic E-state index is -2.29. The molecule has 0 radical (unpaired) electrons. The van der Waals surface area contributed by atoms with Gasteiger partial charge in [0.2, 0.25) is 0 Å². The highest BCUT2D eigenvalue weighted by Crippen LogP contribution is 2.38. The molecule has 3 aromatic rings. The third kappa shape index (κ3) is 8.40. The third-order valence-electron chi connectivity index (χ3n) is 11.3. The van der Waals surface area contributed by atoms with Gasteiger partial charge in [-0.05, 0) is 119 Å². The summed E-state index contributed by atoms with van der Waals surface area (Å²) in [5.74, 6) is -1.80. The van der Waals surface area contributed by atoms with Crippen LogP contribution in [0.25, 0.3) is 0 Å². The van der Waals surface area contributed by atoms with Crippen molar-refractivity contribution >= 4 is 76.9 Å². The van der Waals surface area contributed by atoms with E-state index >= 15 is 0 Å². The van der Waals surface area contributed by atoms with E-state index in [0.29, 0.717) is 47.9 Å². The van der Waals surface area contributed by atoms with E-state index in [1.165, 1.54) is 44.5 Å². The number of carbonyl (C=O) groups is 4. The van der Waals surface area contributed by atoms with Crippen LogP contribution in [-0.4, -0.2) is 82.6 Å². The second-order valence-corrected chi connectivity index (χ2v) is 39.9. The Morgan fingerprint density at radius 3 is 0.690 bits per heavy atom. The Hall–Kier alpha value is -3.59. The molecule has 0 unspecified atom stereocenters. The average molecular weight is 859 g/mol. The summed E-state index contributed by atoms with van der Waals surface area (Å²) in [5.41, 5.74) is 11.2. The minimum absolute atomic E-state index is 0.208. The van der Waals surface area contributed by atoms with E-state index in [1.54, 1.807) is 27.7 Å². The normalized spacial score (nSPS) is 13.8. The number of hydrogen-bond donors (Lipinski definition) is 0. The summed E-state index contributed by atoms with van der Waals surface area (Å²) >= 11 is 0. The third-order valence-corrected chi connectivity index (χ3v) is 19.6. The molecule has 8 nitrogen and oxygen atoms in total. The Bertz CT molecular complexity index is 1890. The Labute approximate surface area is 350 Å². The predicted molar refractivity (Wildman–Crippen MR) is 246 cm³/mol. The van der Waals surface area contributed by atoms with Crippen molar-refractivity contribution in [2.75, 3.05) is 26.4 Å². The van der Waals surface area contributed by atoms with Gasteiger partial charge in [-0.15, -0.1) is 0 Å². The van der Waals surface area contributed by atoms with Gasteiger partial charge in [0.15, 0.2) is 0 Å². The van der Waals surface area contributed by atoms with Crippen molar-refractivity contribution in [3.63, 3.8) is 0 Å². The van der Waals surface area contributed by atoms with Gasteiger partial charge in [-0.1, -0.05) is 90.7 Å². The molecule has 314 valence electrons. The first-order valence-corrected chi connectivity index (χ1v) is 35.1. The summed E-state index contributed by atoms with van der Waals surface area (Å²) in [6.07, 6.45) is 2.59. The average Bonchev–Trinajstić information content (AvgIpc) is 3.08. The molecule has 0 spiro atoms. The SMILES string of the molecule is CCOC(=O)c1c(C(=O)OCC)c([Si](C)(C)C)c2c(c1[Si](C)(C)C)Cc1cc3c(cc1C2)Cc1c(c([Si](C)(C)C)c(C(=O)OCC)c(C(=O)OCC)c1[Si](C)(C)C)C3. The molecule has 0 saturated carbocycles. The van der Waals surface area contributed by atoms with Gasteiger partial charge < -0.3 is 18.9 Å². The Kier molecular flexibility index (Phi) is 12.9. The number of hydrogen-bond acceptors (Lipinski definition) is 8. The van der Waals surface area contributed by atoms with Crippen LogP contribution in [0.5, 0.6) is 0 Å². The molecule has 0 bridgehead atoms. The van der Waals surface area contributed by atoms with Crippen LogP contribution in [0.15, 0.2) is 12.1 Å². The molecule has 2 aliphatic carbocycles. The smallest absolute Gasteiger partial charge is 0.338 e. The lowest BCUT2D eigenvalue weighted by atomic mass is 9.77. The van der Waals surface area contributed by atoms with E-state index < -0.39 is 56.2 Å². The first-order chi connectivity index (χ1) is 26.8. The minimum Gasteiger partial charge on any atom is -0.462 e. The Morgan fingerprint density at radius 2 is 0.552 bits per heavy atom. The lowest BCUT2D eigenvalue weighted by Gasteiger charge is -2.38. The van der Waals surface area contributed by atoms with E-state index in [9.17, 15) is 19.2 Å². The molecular formula is C46H66O8Si4. The van der Waals surface area contributed by atoms with Crippen LogP contribution in [0, 0.1) is 0 Å². The topological polar surface area (TPSA) is 105 Å². The van der Waals surface area contributed by atoms with E-state index in [0.717, 1.165) is 20.7 Å². The van der Waals surface area contributed by atoms with Crippen LogP contribution >= 0.6 is 0 Å². The zero-order valence-electron chi connectivity index (χ0n) is 38.1. The quantitative estimate of drug-likeness (QED) is 0.0720. The monoisotopic (exact) mass is 858 g/mol. The van der Waals surface area contributed by atoms with E-state index in [-0.39, 0.29) is 26.4 Å². The van der Waals surface area contributed by atoms with Crippen molar-refractivity contribution in [3.8, 4) is 0 Å². The fourth-order valence-corrected chi connectivity index (χ4v) is 18.1. The van der Waals surface area contributed by atoms with Crippen LogP contribution in [-0.2, 0) is 44.6 Å². The van der Waals surface area contributed by atoms with Crippen LogP contribution in [0.4, 0.5) is 0 Å². The number of carbonyl (C=O) groups excluding carboxylic acids is 4. The molecule has 0 aliphatic heterocycles. The highest BCUT2D eigenvalue weighted by molar-refractivity contribution is 6.93. The maximum atomic E-state index is 14.1. The molecule has 0 heterocycles. The molecule has 3 aromatic carbocycles. The van der Waals surface area contributed by atoms with Crippen LogP contribution in [0.1, 0.15) is 114 Å². The van der Waals surface area contributed by atoms with E-state index in [4.69, 9.17) is 18.9 Å². The maximum absolute atomic E-state index is 14.1. The molecule has 0 aromatic heterocycles. The van der Waals surface area contributed by atoms with Gasteiger partial charge in [0.25, 0.3) is 0 Å². The lowest BCUT2D eigenvalue weighted by Crippen LogP contribution is -2.54. The Morgan fingerprint density at radius 1 is 0.379 bits per heavy atom. The van der Waals surface area contributed by atoms with Gasteiger partial charge in [0.1, 0.15) is 0 Å². The summed E-state index contributed by atoms with van der Waals surface area (Å²) in [6, 6.07) is 4.74. The van der Waals surface area contributed by atoms with Gasteiger partial charge in [0, 0.05) is 0 Å². The number of ether oxygens (including phenoxy) is 4. The Balaban J connectivity index is 1.86. The van der Waals surface area contributed by atoms with Gasteiger partial charge in [-0.3, -0.25) is 0 Å². The first kappa shape index (κ1) is 45.5. The van der Waals surface area contributed by atoms with Gasteiger partial charge in [0.05, 0.1) is 81.0 Å². The van der Waals surface area contributed by atoms with Crippen molar-refractivity contribution in [2.24, 2.45) is 0 Å². The largest absolute Gasteiger partial charge is 0.462 e. The molecular weight excluding hydrogens is 793 g/mol. The lowest BCUT2D eigenvalue weighted by molar-refractivity contribution is 0.0481. The molecule has 58 heavy (non-hydrogen) atoms.